The number of para-hydroxylation sites is 1. The van der Waals surface area contributed by atoms with E-state index < -0.39 is 0 Å². The highest BCUT2D eigenvalue weighted by molar-refractivity contribution is 5.84. The fraction of sp³-hybridized carbons (Fsp3) is 0.318. The highest BCUT2D eigenvalue weighted by Crippen LogP contribution is 2.31. The molecule has 0 bridgehead atoms. The minimum absolute atomic E-state index is 0.229. The number of fused-ring (bicyclic) bond motifs is 1. The molecule has 0 spiro atoms. The smallest absolute Gasteiger partial charge is 0.242 e. The first kappa shape index (κ1) is 15.9. The molecule has 0 saturated carbocycles. The molecule has 0 aromatic heterocycles. The van der Waals surface area contributed by atoms with Gasteiger partial charge in [0.2, 0.25) is 5.91 Å². The van der Waals surface area contributed by atoms with Gasteiger partial charge in [-0.2, -0.15) is 0 Å². The first-order valence-corrected chi connectivity index (χ1v) is 9.09. The SMILES string of the molecule is C[C@@H]1Cc2ccccc2N1CC(=O)N1CC=C(c2ccccc2)CC1. The first-order chi connectivity index (χ1) is 12.2. The van der Waals surface area contributed by atoms with Gasteiger partial charge in [-0.25, -0.2) is 0 Å². The average molecular weight is 332 g/mol. The van der Waals surface area contributed by atoms with Crippen molar-refractivity contribution in [2.75, 3.05) is 24.5 Å². The van der Waals surface area contributed by atoms with Crippen LogP contribution in [0.25, 0.3) is 5.57 Å². The molecule has 3 nitrogen and oxygen atoms in total. The second-order valence-corrected chi connectivity index (χ2v) is 6.99. The summed E-state index contributed by atoms with van der Waals surface area (Å²) < 4.78 is 0. The lowest BCUT2D eigenvalue weighted by atomic mass is 9.99. The van der Waals surface area contributed by atoms with Gasteiger partial charge < -0.3 is 9.80 Å². The summed E-state index contributed by atoms with van der Waals surface area (Å²) in [7, 11) is 0. The van der Waals surface area contributed by atoms with Gasteiger partial charge in [-0.05, 0) is 42.5 Å². The van der Waals surface area contributed by atoms with E-state index in [1.807, 2.05) is 11.0 Å². The third-order valence-corrected chi connectivity index (χ3v) is 5.36. The molecule has 128 valence electrons. The van der Waals surface area contributed by atoms with Gasteiger partial charge in [0.05, 0.1) is 6.54 Å². The van der Waals surface area contributed by atoms with E-state index in [-0.39, 0.29) is 5.91 Å². The first-order valence-electron chi connectivity index (χ1n) is 9.09. The molecule has 2 heterocycles. The van der Waals surface area contributed by atoms with Crippen molar-refractivity contribution in [1.82, 2.24) is 4.90 Å². The molecular formula is C22H24N2O. The van der Waals surface area contributed by atoms with Crippen molar-refractivity contribution in [2.24, 2.45) is 0 Å². The van der Waals surface area contributed by atoms with Crippen LogP contribution < -0.4 is 4.90 Å². The Hall–Kier alpha value is -2.55. The third-order valence-electron chi connectivity index (χ3n) is 5.36. The van der Waals surface area contributed by atoms with Crippen molar-refractivity contribution >= 4 is 17.2 Å². The molecule has 2 aromatic carbocycles. The maximum absolute atomic E-state index is 12.8. The van der Waals surface area contributed by atoms with E-state index in [1.54, 1.807) is 0 Å². The molecule has 2 aliphatic rings. The van der Waals surface area contributed by atoms with Gasteiger partial charge >= 0.3 is 0 Å². The summed E-state index contributed by atoms with van der Waals surface area (Å²) in [4.78, 5) is 17.1. The third kappa shape index (κ3) is 3.19. The Morgan fingerprint density at radius 3 is 2.60 bits per heavy atom. The molecule has 3 heteroatoms. The Morgan fingerprint density at radius 2 is 1.84 bits per heavy atom. The van der Waals surface area contributed by atoms with Crippen LogP contribution in [0.2, 0.25) is 0 Å². The monoisotopic (exact) mass is 332 g/mol. The van der Waals surface area contributed by atoms with E-state index in [4.69, 9.17) is 0 Å². The van der Waals surface area contributed by atoms with Crippen molar-refractivity contribution in [2.45, 2.75) is 25.8 Å². The summed E-state index contributed by atoms with van der Waals surface area (Å²) in [5, 5.41) is 0. The molecule has 2 aliphatic heterocycles. The molecule has 0 fully saturated rings. The maximum Gasteiger partial charge on any atom is 0.242 e. The zero-order chi connectivity index (χ0) is 17.2. The molecule has 1 atom stereocenters. The minimum atomic E-state index is 0.229. The summed E-state index contributed by atoms with van der Waals surface area (Å²) in [6.45, 7) is 4.21. The highest BCUT2D eigenvalue weighted by Gasteiger charge is 2.29. The predicted molar refractivity (Wildman–Crippen MR) is 103 cm³/mol. The molecule has 0 saturated heterocycles. The highest BCUT2D eigenvalue weighted by atomic mass is 16.2. The molecule has 25 heavy (non-hydrogen) atoms. The lowest BCUT2D eigenvalue weighted by Crippen LogP contribution is -2.44. The van der Waals surface area contributed by atoms with Crippen LogP contribution in [0, 0.1) is 0 Å². The lowest BCUT2D eigenvalue weighted by Gasteiger charge is -2.31. The van der Waals surface area contributed by atoms with Gasteiger partial charge in [-0.15, -0.1) is 0 Å². The molecule has 4 rings (SSSR count). The van der Waals surface area contributed by atoms with Gasteiger partial charge in [-0.1, -0.05) is 54.6 Å². The van der Waals surface area contributed by atoms with Crippen LogP contribution >= 0.6 is 0 Å². The standard InChI is InChI=1S/C22H24N2O/c1-17-15-20-9-5-6-10-21(20)24(17)16-22(25)23-13-11-19(12-14-23)18-7-3-2-4-8-18/h2-11,17H,12-16H2,1H3/t17-/m1/s1. The Bertz CT molecular complexity index is 797. The summed E-state index contributed by atoms with van der Waals surface area (Å²) >= 11 is 0. The number of benzene rings is 2. The van der Waals surface area contributed by atoms with Crippen LogP contribution in [0.15, 0.2) is 60.7 Å². The van der Waals surface area contributed by atoms with Gasteiger partial charge in [0.15, 0.2) is 0 Å². The van der Waals surface area contributed by atoms with Crippen LogP contribution in [0.5, 0.6) is 0 Å². The van der Waals surface area contributed by atoms with E-state index in [0.717, 1.165) is 19.4 Å². The maximum atomic E-state index is 12.8. The summed E-state index contributed by atoms with van der Waals surface area (Å²) in [5.41, 5.74) is 5.20. The molecular weight excluding hydrogens is 308 g/mol. The number of hydrogen-bond donors (Lipinski definition) is 0. The van der Waals surface area contributed by atoms with Gasteiger partial charge in [0, 0.05) is 24.8 Å². The zero-order valence-corrected chi connectivity index (χ0v) is 14.7. The Kier molecular flexibility index (Phi) is 4.31. The van der Waals surface area contributed by atoms with E-state index >= 15 is 0 Å². The van der Waals surface area contributed by atoms with Crippen LogP contribution in [-0.2, 0) is 11.2 Å². The largest absolute Gasteiger partial charge is 0.359 e. The normalized spacial score (nSPS) is 19.6. The molecule has 0 unspecified atom stereocenters. The number of carbonyl (C=O) groups excluding carboxylic acids is 1. The van der Waals surface area contributed by atoms with Gasteiger partial charge in [0.25, 0.3) is 0 Å². The number of rotatable bonds is 3. The van der Waals surface area contributed by atoms with Crippen LogP contribution in [-0.4, -0.2) is 36.5 Å². The molecule has 1 amide bonds. The summed E-state index contributed by atoms with van der Waals surface area (Å²) in [5.74, 6) is 0.229. The van der Waals surface area contributed by atoms with E-state index in [1.165, 1.54) is 22.4 Å². The fourth-order valence-electron chi connectivity index (χ4n) is 3.93. The van der Waals surface area contributed by atoms with Crippen LogP contribution in [0.4, 0.5) is 5.69 Å². The quantitative estimate of drug-likeness (QED) is 0.854. The van der Waals surface area contributed by atoms with Gasteiger partial charge in [0.1, 0.15) is 0 Å². The van der Waals surface area contributed by atoms with Crippen molar-refractivity contribution in [3.8, 4) is 0 Å². The number of nitrogens with zero attached hydrogens (tertiary/aromatic N) is 2. The fourth-order valence-corrected chi connectivity index (χ4v) is 3.93. The van der Waals surface area contributed by atoms with Crippen molar-refractivity contribution < 1.29 is 4.79 Å². The lowest BCUT2D eigenvalue weighted by molar-refractivity contribution is -0.129. The van der Waals surface area contributed by atoms with Crippen LogP contribution in [0.3, 0.4) is 0 Å². The van der Waals surface area contributed by atoms with E-state index in [2.05, 4.69) is 66.4 Å². The molecule has 0 N–H and O–H groups in total. The molecule has 0 aliphatic carbocycles. The Labute approximate surface area is 149 Å². The number of anilines is 1. The second-order valence-electron chi connectivity index (χ2n) is 6.99. The predicted octanol–water partition coefficient (Wildman–Crippen LogP) is 3.75. The van der Waals surface area contributed by atoms with E-state index in [0.29, 0.717) is 19.1 Å². The van der Waals surface area contributed by atoms with Gasteiger partial charge in [-0.3, -0.25) is 4.79 Å². The summed E-state index contributed by atoms with van der Waals surface area (Å²) in [6, 6.07) is 19.3. The number of amides is 1. The second kappa shape index (κ2) is 6.75. The number of hydrogen-bond acceptors (Lipinski definition) is 2. The summed E-state index contributed by atoms with van der Waals surface area (Å²) in [6.07, 6.45) is 4.17. The van der Waals surface area contributed by atoms with Crippen molar-refractivity contribution in [3.05, 3.63) is 71.8 Å². The van der Waals surface area contributed by atoms with Crippen molar-refractivity contribution in [1.29, 1.82) is 0 Å². The molecule has 0 radical (unpaired) electrons. The topological polar surface area (TPSA) is 23.6 Å². The van der Waals surface area contributed by atoms with E-state index in [9.17, 15) is 4.79 Å². The molecule has 2 aromatic rings. The average Bonchev–Trinajstić information content (AvgIpc) is 2.98. The number of carbonyl (C=O) groups is 1. The Balaban J connectivity index is 1.42. The zero-order valence-electron chi connectivity index (χ0n) is 14.7. The minimum Gasteiger partial charge on any atom is -0.359 e. The Morgan fingerprint density at radius 1 is 1.08 bits per heavy atom. The van der Waals surface area contributed by atoms with Crippen LogP contribution in [0.1, 0.15) is 24.5 Å². The van der Waals surface area contributed by atoms with Crippen molar-refractivity contribution in [3.63, 3.8) is 0 Å².